The lowest BCUT2D eigenvalue weighted by Gasteiger charge is -2.35. The lowest BCUT2D eigenvalue weighted by atomic mass is 9.99. The zero-order chi connectivity index (χ0) is 28.4. The van der Waals surface area contributed by atoms with E-state index < -0.39 is 0 Å². The molecule has 7 nitrogen and oxygen atoms in total. The molecule has 1 amide bonds. The summed E-state index contributed by atoms with van der Waals surface area (Å²) in [5.74, 6) is 0.364. The molecule has 1 fully saturated rings. The number of piperidine rings is 1. The van der Waals surface area contributed by atoms with Gasteiger partial charge in [0.15, 0.2) is 11.5 Å². The average Bonchev–Trinajstić information content (AvgIpc) is 2.98. The summed E-state index contributed by atoms with van der Waals surface area (Å²) in [6.07, 6.45) is 12.7. The van der Waals surface area contributed by atoms with Crippen LogP contribution in [0.1, 0.15) is 99.9 Å². The van der Waals surface area contributed by atoms with Crippen LogP contribution in [0.3, 0.4) is 0 Å². The summed E-state index contributed by atoms with van der Waals surface area (Å²) in [5, 5.41) is 13.3. The smallest absolute Gasteiger partial charge is 0.338 e. The second-order valence-corrected chi connectivity index (χ2v) is 10.8. The third-order valence-corrected chi connectivity index (χ3v) is 7.56. The number of ether oxygens (including phenoxy) is 2. The van der Waals surface area contributed by atoms with Gasteiger partial charge in [0.2, 0.25) is 5.91 Å². The first kappa shape index (κ1) is 31.5. The fourth-order valence-corrected chi connectivity index (χ4v) is 5.22. The Kier molecular flexibility index (Phi) is 14.4. The normalized spacial score (nSPS) is 15.5. The largest absolute Gasteiger partial charge is 0.504 e. The van der Waals surface area contributed by atoms with Crippen molar-refractivity contribution in [3.63, 3.8) is 0 Å². The van der Waals surface area contributed by atoms with Crippen molar-refractivity contribution in [3.05, 3.63) is 59.7 Å². The summed E-state index contributed by atoms with van der Waals surface area (Å²) >= 11 is 0. The quantitative estimate of drug-likeness (QED) is 0.159. The number of likely N-dealkylation sites (tertiary alicyclic amines) is 1. The molecule has 0 aliphatic carbocycles. The fraction of sp³-hybridized carbons (Fsp3) is 0.576. The molecule has 0 radical (unpaired) electrons. The van der Waals surface area contributed by atoms with Crippen molar-refractivity contribution in [2.45, 2.75) is 96.6 Å². The van der Waals surface area contributed by atoms with Gasteiger partial charge in [-0.25, -0.2) is 4.79 Å². The first-order valence-electron chi connectivity index (χ1n) is 15.2. The minimum Gasteiger partial charge on any atom is -0.504 e. The molecule has 1 saturated heterocycles. The summed E-state index contributed by atoms with van der Waals surface area (Å²) in [4.78, 5) is 26.8. The van der Waals surface area contributed by atoms with Gasteiger partial charge in [-0.15, -0.1) is 0 Å². The number of benzene rings is 2. The Morgan fingerprint density at radius 2 is 1.77 bits per heavy atom. The molecule has 0 saturated carbocycles. The summed E-state index contributed by atoms with van der Waals surface area (Å²) in [6, 6.07) is 14.8. The number of carbonyl (C=O) groups excluding carboxylic acids is 2. The van der Waals surface area contributed by atoms with Gasteiger partial charge in [-0.1, -0.05) is 69.7 Å². The number of aromatic hydroxyl groups is 1. The van der Waals surface area contributed by atoms with Gasteiger partial charge in [0, 0.05) is 25.6 Å². The van der Waals surface area contributed by atoms with Crippen LogP contribution in [0, 0.1) is 0 Å². The molecule has 3 rings (SSSR count). The highest BCUT2D eigenvalue weighted by molar-refractivity contribution is 5.89. The third kappa shape index (κ3) is 11.6. The molecule has 0 spiro atoms. The maximum atomic E-state index is 12.2. The Balaban J connectivity index is 1.35. The summed E-state index contributed by atoms with van der Waals surface area (Å²) in [5.41, 5.74) is 1.49. The zero-order valence-electron chi connectivity index (χ0n) is 24.2. The van der Waals surface area contributed by atoms with Gasteiger partial charge in [-0.3, -0.25) is 4.79 Å². The van der Waals surface area contributed by atoms with Crippen LogP contribution in [0.2, 0.25) is 0 Å². The van der Waals surface area contributed by atoms with E-state index in [9.17, 15) is 14.7 Å². The van der Waals surface area contributed by atoms with Crippen molar-refractivity contribution < 1.29 is 24.2 Å². The van der Waals surface area contributed by atoms with Gasteiger partial charge in [0.05, 0.1) is 18.8 Å². The van der Waals surface area contributed by atoms with Crippen molar-refractivity contribution in [2.24, 2.45) is 0 Å². The highest BCUT2D eigenvalue weighted by Crippen LogP contribution is 2.28. The van der Waals surface area contributed by atoms with E-state index >= 15 is 0 Å². The van der Waals surface area contributed by atoms with Gasteiger partial charge in [-0.2, -0.15) is 0 Å². The van der Waals surface area contributed by atoms with Crippen molar-refractivity contribution in [3.8, 4) is 11.5 Å². The molecule has 1 aliphatic rings. The van der Waals surface area contributed by atoms with Crippen LogP contribution in [0.4, 0.5) is 0 Å². The molecule has 0 bridgehead atoms. The van der Waals surface area contributed by atoms with Crippen LogP contribution in [-0.2, 0) is 16.1 Å². The highest BCUT2D eigenvalue weighted by atomic mass is 16.5. The molecule has 2 N–H and O–H groups in total. The minimum absolute atomic E-state index is 0.0678. The molecule has 40 heavy (non-hydrogen) atoms. The van der Waals surface area contributed by atoms with E-state index in [1.807, 2.05) is 30.3 Å². The van der Waals surface area contributed by atoms with E-state index in [0.717, 1.165) is 50.8 Å². The van der Waals surface area contributed by atoms with E-state index in [-0.39, 0.29) is 17.6 Å². The maximum Gasteiger partial charge on any atom is 0.338 e. The Labute approximate surface area is 240 Å². The maximum absolute atomic E-state index is 12.2. The number of rotatable bonds is 18. The predicted molar refractivity (Wildman–Crippen MR) is 159 cm³/mol. The Hall–Kier alpha value is -3.06. The second kappa shape index (κ2) is 18.3. The predicted octanol–water partition coefficient (Wildman–Crippen LogP) is 6.63. The van der Waals surface area contributed by atoms with Crippen molar-refractivity contribution in [2.75, 3.05) is 26.3 Å². The van der Waals surface area contributed by atoms with E-state index in [2.05, 4.69) is 17.1 Å². The number of amides is 1. The van der Waals surface area contributed by atoms with Crippen LogP contribution < -0.4 is 10.1 Å². The lowest BCUT2D eigenvalue weighted by molar-refractivity contribution is -0.121. The fourth-order valence-electron chi connectivity index (χ4n) is 5.22. The van der Waals surface area contributed by atoms with Gasteiger partial charge < -0.3 is 24.8 Å². The van der Waals surface area contributed by atoms with Gasteiger partial charge in [0.1, 0.15) is 0 Å². The number of unbranched alkanes of at least 4 members (excludes halogenated alkanes) is 5. The number of nitrogens with zero attached hydrogens (tertiary/aromatic N) is 1. The first-order valence-corrected chi connectivity index (χ1v) is 15.2. The zero-order valence-corrected chi connectivity index (χ0v) is 24.2. The van der Waals surface area contributed by atoms with Gasteiger partial charge in [-0.05, 0) is 68.5 Å². The molecule has 1 aliphatic heterocycles. The highest BCUT2D eigenvalue weighted by Gasteiger charge is 2.22. The molecule has 7 heteroatoms. The van der Waals surface area contributed by atoms with E-state index in [4.69, 9.17) is 9.47 Å². The number of nitrogens with one attached hydrogen (secondary N) is 1. The summed E-state index contributed by atoms with van der Waals surface area (Å²) in [6.45, 7) is 5.46. The van der Waals surface area contributed by atoms with E-state index in [1.165, 1.54) is 38.5 Å². The Morgan fingerprint density at radius 1 is 0.975 bits per heavy atom. The second-order valence-electron chi connectivity index (χ2n) is 10.8. The molecule has 2 aromatic rings. The summed E-state index contributed by atoms with van der Waals surface area (Å²) in [7, 11) is 0. The van der Waals surface area contributed by atoms with E-state index in [0.29, 0.717) is 43.5 Å². The van der Waals surface area contributed by atoms with Crippen LogP contribution >= 0.6 is 0 Å². The first-order chi connectivity index (χ1) is 19.6. The molecule has 0 aromatic heterocycles. The topological polar surface area (TPSA) is 88.1 Å². The Bertz CT molecular complexity index is 1010. The van der Waals surface area contributed by atoms with Crippen LogP contribution in [0.5, 0.6) is 11.5 Å². The molecule has 1 heterocycles. The standard InChI is InChI=1S/C33H48N2O5/c1-2-3-4-5-6-10-17-32(37)34-26-27-18-19-30(36)31(25-27)39-24-20-29-16-11-12-21-35(29)22-13-23-40-33(38)28-14-8-7-9-15-28/h7-9,14-15,18-19,25,29,36H,2-6,10-13,16-17,20-24,26H2,1H3,(H,34,37). The molecule has 1 unspecified atom stereocenters. The summed E-state index contributed by atoms with van der Waals surface area (Å²) < 4.78 is 11.4. The number of hydrogen-bond donors (Lipinski definition) is 2. The Morgan fingerprint density at radius 3 is 2.60 bits per heavy atom. The van der Waals surface area contributed by atoms with Crippen molar-refractivity contribution in [1.29, 1.82) is 0 Å². The third-order valence-electron chi connectivity index (χ3n) is 7.56. The monoisotopic (exact) mass is 552 g/mol. The van der Waals surface area contributed by atoms with Crippen LogP contribution in [0.15, 0.2) is 48.5 Å². The van der Waals surface area contributed by atoms with E-state index in [1.54, 1.807) is 18.2 Å². The molecule has 2 aromatic carbocycles. The molecular formula is C33H48N2O5. The average molecular weight is 553 g/mol. The number of carbonyl (C=O) groups is 2. The van der Waals surface area contributed by atoms with Gasteiger partial charge in [0.25, 0.3) is 0 Å². The molecule has 1 atom stereocenters. The lowest BCUT2D eigenvalue weighted by Crippen LogP contribution is -2.41. The number of esters is 1. The number of hydrogen-bond acceptors (Lipinski definition) is 6. The number of phenols is 1. The van der Waals surface area contributed by atoms with Crippen LogP contribution in [-0.4, -0.2) is 54.2 Å². The van der Waals surface area contributed by atoms with Gasteiger partial charge >= 0.3 is 5.97 Å². The SMILES string of the molecule is CCCCCCCCC(=O)NCc1ccc(O)c(OCCC2CCCCN2CCCOC(=O)c2ccccc2)c1. The number of phenolic OH excluding ortho intramolecular Hbond substituents is 1. The van der Waals surface area contributed by atoms with Crippen molar-refractivity contribution in [1.82, 2.24) is 10.2 Å². The molecule has 220 valence electrons. The molecular weight excluding hydrogens is 504 g/mol. The van der Waals surface area contributed by atoms with Crippen LogP contribution in [0.25, 0.3) is 0 Å². The minimum atomic E-state index is -0.274. The van der Waals surface area contributed by atoms with Crippen molar-refractivity contribution >= 4 is 11.9 Å².